The summed E-state index contributed by atoms with van der Waals surface area (Å²) < 4.78 is 10.6. The minimum absolute atomic E-state index is 0.108. The fourth-order valence-electron chi connectivity index (χ4n) is 1.94. The Bertz CT molecular complexity index is 329. The summed E-state index contributed by atoms with van der Waals surface area (Å²) in [5.41, 5.74) is 0. The normalized spacial score (nSPS) is 27.6. The molecule has 1 aliphatic heterocycles. The first-order valence-electron chi connectivity index (χ1n) is 5.58. The summed E-state index contributed by atoms with van der Waals surface area (Å²) in [5.74, 6) is 2.07. The molecule has 2 heterocycles. The molecule has 0 spiro atoms. The van der Waals surface area contributed by atoms with Gasteiger partial charge in [0.05, 0.1) is 19.3 Å². The molecule has 15 heavy (non-hydrogen) atoms. The maximum absolute atomic E-state index is 5.36. The van der Waals surface area contributed by atoms with E-state index in [1.807, 2.05) is 0 Å². The van der Waals surface area contributed by atoms with Crippen LogP contribution in [-0.2, 0) is 4.74 Å². The van der Waals surface area contributed by atoms with Crippen LogP contribution in [0, 0.1) is 0 Å². The van der Waals surface area contributed by atoms with Gasteiger partial charge >= 0.3 is 0 Å². The first kappa shape index (κ1) is 9.30. The number of morpholine rings is 1. The first-order valence-corrected chi connectivity index (χ1v) is 5.58. The van der Waals surface area contributed by atoms with Crippen molar-refractivity contribution in [1.82, 2.24) is 15.5 Å². The van der Waals surface area contributed by atoms with Crippen molar-refractivity contribution in [2.45, 2.75) is 31.2 Å². The highest BCUT2D eigenvalue weighted by molar-refractivity contribution is 5.01. The minimum Gasteiger partial charge on any atom is -0.378 e. The quantitative estimate of drug-likeness (QED) is 0.787. The number of hydrogen-bond donors (Lipinski definition) is 1. The molecule has 5 heteroatoms. The van der Waals surface area contributed by atoms with Gasteiger partial charge in [-0.2, -0.15) is 4.98 Å². The molecule has 5 nitrogen and oxygen atoms in total. The molecule has 3 rings (SSSR count). The fraction of sp³-hybridized carbons (Fsp3) is 0.800. The summed E-state index contributed by atoms with van der Waals surface area (Å²) >= 11 is 0. The van der Waals surface area contributed by atoms with E-state index >= 15 is 0 Å². The third-order valence-electron chi connectivity index (χ3n) is 3.15. The van der Waals surface area contributed by atoms with Crippen LogP contribution in [0.1, 0.15) is 42.9 Å². The molecule has 1 N–H and O–H groups in total. The smallest absolute Gasteiger partial charge is 0.229 e. The number of nitrogens with one attached hydrogen (secondary N) is 1. The molecule has 0 aromatic carbocycles. The molecule has 2 fully saturated rings. The highest BCUT2D eigenvalue weighted by atomic mass is 16.5. The van der Waals surface area contributed by atoms with Crippen molar-refractivity contribution in [2.75, 3.05) is 19.8 Å². The van der Waals surface area contributed by atoms with Crippen molar-refractivity contribution in [3.63, 3.8) is 0 Å². The number of rotatable bonds is 2. The molecule has 1 saturated carbocycles. The van der Waals surface area contributed by atoms with E-state index in [4.69, 9.17) is 9.26 Å². The van der Waals surface area contributed by atoms with E-state index in [1.165, 1.54) is 19.3 Å². The van der Waals surface area contributed by atoms with E-state index in [0.29, 0.717) is 12.5 Å². The molecule has 0 bridgehead atoms. The van der Waals surface area contributed by atoms with Gasteiger partial charge in [-0.05, 0) is 12.8 Å². The molecule has 82 valence electrons. The molecule has 0 unspecified atom stereocenters. The number of ether oxygens (including phenoxy) is 1. The van der Waals surface area contributed by atoms with E-state index in [1.54, 1.807) is 0 Å². The largest absolute Gasteiger partial charge is 0.378 e. The Hall–Kier alpha value is -0.940. The van der Waals surface area contributed by atoms with Crippen LogP contribution in [-0.4, -0.2) is 29.9 Å². The summed E-state index contributed by atoms with van der Waals surface area (Å²) in [6.45, 7) is 2.27. The molecule has 0 radical (unpaired) electrons. The van der Waals surface area contributed by atoms with Gasteiger partial charge in [-0.1, -0.05) is 11.6 Å². The molecule has 1 aromatic rings. The summed E-state index contributed by atoms with van der Waals surface area (Å²) in [7, 11) is 0. The van der Waals surface area contributed by atoms with Gasteiger partial charge in [-0.15, -0.1) is 0 Å². The van der Waals surface area contributed by atoms with E-state index in [2.05, 4.69) is 15.5 Å². The van der Waals surface area contributed by atoms with Gasteiger partial charge in [0.1, 0.15) is 0 Å². The maximum Gasteiger partial charge on any atom is 0.229 e. The molecular formula is C10H15N3O2. The van der Waals surface area contributed by atoms with Crippen molar-refractivity contribution in [3.05, 3.63) is 11.7 Å². The van der Waals surface area contributed by atoms with E-state index in [9.17, 15) is 0 Å². The van der Waals surface area contributed by atoms with Crippen LogP contribution in [0.15, 0.2) is 4.52 Å². The van der Waals surface area contributed by atoms with Crippen LogP contribution in [0.3, 0.4) is 0 Å². The van der Waals surface area contributed by atoms with Gasteiger partial charge < -0.3 is 14.6 Å². The minimum atomic E-state index is 0.108. The Morgan fingerprint density at radius 1 is 1.33 bits per heavy atom. The predicted molar refractivity (Wildman–Crippen MR) is 52.5 cm³/mol. The van der Waals surface area contributed by atoms with Crippen LogP contribution in [0.25, 0.3) is 0 Å². The Kier molecular flexibility index (Phi) is 2.42. The van der Waals surface area contributed by atoms with Gasteiger partial charge in [0, 0.05) is 12.5 Å². The zero-order valence-corrected chi connectivity index (χ0v) is 8.61. The SMILES string of the molecule is C1CC(c2nc([C@@H]3COCCN3)no2)C1. The number of hydrogen-bond acceptors (Lipinski definition) is 5. The zero-order chi connectivity index (χ0) is 10.1. The lowest BCUT2D eigenvalue weighted by Gasteiger charge is -2.21. The van der Waals surface area contributed by atoms with Gasteiger partial charge in [0.15, 0.2) is 5.82 Å². The average molecular weight is 209 g/mol. The highest BCUT2D eigenvalue weighted by Gasteiger charge is 2.27. The molecular weight excluding hydrogens is 194 g/mol. The second-order valence-electron chi connectivity index (χ2n) is 4.20. The Labute approximate surface area is 88.2 Å². The van der Waals surface area contributed by atoms with Crippen molar-refractivity contribution >= 4 is 0 Å². The monoisotopic (exact) mass is 209 g/mol. The van der Waals surface area contributed by atoms with Crippen LogP contribution in [0.4, 0.5) is 0 Å². The van der Waals surface area contributed by atoms with Crippen molar-refractivity contribution in [2.24, 2.45) is 0 Å². The second kappa shape index (κ2) is 3.90. The van der Waals surface area contributed by atoms with Crippen LogP contribution < -0.4 is 5.32 Å². The summed E-state index contributed by atoms with van der Waals surface area (Å²) in [5, 5.41) is 7.33. The lowest BCUT2D eigenvalue weighted by atomic mass is 9.85. The van der Waals surface area contributed by atoms with Crippen LogP contribution in [0.5, 0.6) is 0 Å². The van der Waals surface area contributed by atoms with E-state index in [0.717, 1.165) is 24.9 Å². The fourth-order valence-corrected chi connectivity index (χ4v) is 1.94. The average Bonchev–Trinajstić information content (AvgIpc) is 2.66. The second-order valence-corrected chi connectivity index (χ2v) is 4.20. The molecule has 2 aliphatic rings. The summed E-state index contributed by atoms with van der Waals surface area (Å²) in [6, 6.07) is 0.108. The van der Waals surface area contributed by atoms with Crippen molar-refractivity contribution in [3.8, 4) is 0 Å². The topological polar surface area (TPSA) is 60.2 Å². The van der Waals surface area contributed by atoms with Crippen LogP contribution in [0.2, 0.25) is 0 Å². The zero-order valence-electron chi connectivity index (χ0n) is 8.61. The summed E-state index contributed by atoms with van der Waals surface area (Å²) in [4.78, 5) is 4.44. The lowest BCUT2D eigenvalue weighted by Crippen LogP contribution is -2.35. The third kappa shape index (κ3) is 1.77. The predicted octanol–water partition coefficient (Wildman–Crippen LogP) is 0.998. The molecule has 1 aromatic heterocycles. The Balaban J connectivity index is 1.71. The van der Waals surface area contributed by atoms with Crippen molar-refractivity contribution < 1.29 is 9.26 Å². The molecule has 0 amide bonds. The van der Waals surface area contributed by atoms with Crippen molar-refractivity contribution in [1.29, 1.82) is 0 Å². The first-order chi connectivity index (χ1) is 7.43. The summed E-state index contributed by atoms with van der Waals surface area (Å²) in [6.07, 6.45) is 3.67. The highest BCUT2D eigenvalue weighted by Crippen LogP contribution is 2.35. The van der Waals surface area contributed by atoms with Gasteiger partial charge in [-0.25, -0.2) is 0 Å². The van der Waals surface area contributed by atoms with E-state index in [-0.39, 0.29) is 6.04 Å². The standard InChI is InChI=1S/C10H15N3O2/c1-2-7(3-1)10-12-9(13-15-10)8-6-14-5-4-11-8/h7-8,11H,1-6H2/t8-/m0/s1. The lowest BCUT2D eigenvalue weighted by molar-refractivity contribution is 0.0734. The number of aromatic nitrogens is 2. The molecule has 1 aliphatic carbocycles. The van der Waals surface area contributed by atoms with E-state index < -0.39 is 0 Å². The van der Waals surface area contributed by atoms with Gasteiger partial charge in [0.2, 0.25) is 5.89 Å². The van der Waals surface area contributed by atoms with Gasteiger partial charge in [0.25, 0.3) is 0 Å². The third-order valence-corrected chi connectivity index (χ3v) is 3.15. The number of nitrogens with zero attached hydrogens (tertiary/aromatic N) is 2. The molecule has 1 saturated heterocycles. The Morgan fingerprint density at radius 2 is 2.27 bits per heavy atom. The van der Waals surface area contributed by atoms with Crippen LogP contribution >= 0.6 is 0 Å². The maximum atomic E-state index is 5.36. The van der Waals surface area contributed by atoms with Gasteiger partial charge in [-0.3, -0.25) is 0 Å². The Morgan fingerprint density at radius 3 is 2.93 bits per heavy atom. The molecule has 1 atom stereocenters.